The van der Waals surface area contributed by atoms with Crippen LogP contribution in [-0.4, -0.2) is 24.6 Å². The lowest BCUT2D eigenvalue weighted by molar-refractivity contribution is 0.309. The van der Waals surface area contributed by atoms with Crippen molar-refractivity contribution in [2.24, 2.45) is 5.10 Å². The molecule has 0 aliphatic carbocycles. The first kappa shape index (κ1) is 17.1. The second kappa shape index (κ2) is 7.32. The Labute approximate surface area is 142 Å². The van der Waals surface area contributed by atoms with Crippen LogP contribution in [0.25, 0.3) is 0 Å². The third-order valence-electron chi connectivity index (χ3n) is 3.04. The van der Waals surface area contributed by atoms with Gasteiger partial charge in [0, 0.05) is 6.07 Å². The van der Waals surface area contributed by atoms with Gasteiger partial charge >= 0.3 is 0 Å². The number of nitrogen functional groups attached to an aromatic ring is 1. The summed E-state index contributed by atoms with van der Waals surface area (Å²) in [4.78, 5) is 11.9. The van der Waals surface area contributed by atoms with Crippen molar-refractivity contribution >= 4 is 28.0 Å². The molecule has 0 atom stereocenters. The first-order chi connectivity index (χ1) is 11.0. The summed E-state index contributed by atoms with van der Waals surface area (Å²) < 4.78 is 12.7. The van der Waals surface area contributed by atoms with Crippen molar-refractivity contribution in [3.8, 4) is 11.5 Å². The van der Waals surface area contributed by atoms with Gasteiger partial charge in [-0.1, -0.05) is 0 Å². The lowest BCUT2D eigenvalue weighted by Gasteiger charge is -2.12. The average molecular weight is 380 g/mol. The number of rotatable bonds is 5. The molecule has 0 fully saturated rings. The predicted molar refractivity (Wildman–Crippen MR) is 94.7 cm³/mol. The third kappa shape index (κ3) is 3.92. The summed E-state index contributed by atoms with van der Waals surface area (Å²) in [6.07, 6.45) is 1.54. The topological polar surface area (TPSA) is 78.8 Å². The highest BCUT2D eigenvalue weighted by molar-refractivity contribution is 9.10. The number of aryl methyl sites for hydroxylation is 1. The van der Waals surface area contributed by atoms with E-state index in [0.29, 0.717) is 18.1 Å². The Balaban J connectivity index is 2.41. The zero-order valence-corrected chi connectivity index (χ0v) is 14.8. The van der Waals surface area contributed by atoms with E-state index < -0.39 is 0 Å². The molecule has 0 bridgehead atoms. The van der Waals surface area contributed by atoms with E-state index in [-0.39, 0.29) is 11.4 Å². The third-order valence-corrected chi connectivity index (χ3v) is 3.63. The highest BCUT2D eigenvalue weighted by atomic mass is 79.9. The van der Waals surface area contributed by atoms with Crippen molar-refractivity contribution in [1.29, 1.82) is 0 Å². The molecule has 0 saturated carbocycles. The number of halogens is 1. The summed E-state index contributed by atoms with van der Waals surface area (Å²) >= 11 is 3.44. The predicted octanol–water partition coefficient (Wildman–Crippen LogP) is 2.79. The standard InChI is InChI=1S/C16H18BrN3O3/c1-4-23-16-12(17)7-11(8-13(16)22-3)9-19-20-14(18)5-10(2)6-15(20)21/h5-9H,4,18H2,1-3H3/b19-9-. The maximum Gasteiger partial charge on any atom is 0.273 e. The van der Waals surface area contributed by atoms with Gasteiger partial charge in [-0.05, 0) is 59.1 Å². The smallest absolute Gasteiger partial charge is 0.273 e. The Hall–Kier alpha value is -2.28. The van der Waals surface area contributed by atoms with Crippen molar-refractivity contribution in [3.05, 3.63) is 50.2 Å². The largest absolute Gasteiger partial charge is 0.493 e. The highest BCUT2D eigenvalue weighted by Crippen LogP contribution is 2.36. The summed E-state index contributed by atoms with van der Waals surface area (Å²) in [5, 5.41) is 4.15. The fourth-order valence-electron chi connectivity index (χ4n) is 2.07. The number of ether oxygens (including phenoxy) is 2. The minimum atomic E-state index is -0.282. The molecule has 0 aliphatic rings. The fraction of sp³-hybridized carbons (Fsp3) is 0.250. The van der Waals surface area contributed by atoms with E-state index in [2.05, 4.69) is 21.0 Å². The molecule has 1 aromatic heterocycles. The van der Waals surface area contributed by atoms with Crippen LogP contribution >= 0.6 is 15.9 Å². The van der Waals surface area contributed by atoms with Crippen LogP contribution in [0.5, 0.6) is 11.5 Å². The van der Waals surface area contributed by atoms with Crippen LogP contribution in [0.2, 0.25) is 0 Å². The quantitative estimate of drug-likeness (QED) is 0.810. The van der Waals surface area contributed by atoms with Gasteiger partial charge in [-0.2, -0.15) is 9.78 Å². The maximum absolute atomic E-state index is 11.9. The Morgan fingerprint density at radius 3 is 2.70 bits per heavy atom. The number of hydrogen-bond acceptors (Lipinski definition) is 5. The number of nitrogens with two attached hydrogens (primary N) is 1. The molecule has 0 amide bonds. The fourth-order valence-corrected chi connectivity index (χ4v) is 2.64. The number of anilines is 1. The van der Waals surface area contributed by atoms with Crippen LogP contribution in [0.4, 0.5) is 5.82 Å². The number of aromatic nitrogens is 1. The van der Waals surface area contributed by atoms with Gasteiger partial charge < -0.3 is 15.2 Å². The van der Waals surface area contributed by atoms with Crippen molar-refractivity contribution < 1.29 is 9.47 Å². The molecule has 2 aromatic rings. The molecule has 2 rings (SSSR count). The summed E-state index contributed by atoms with van der Waals surface area (Å²) in [5.74, 6) is 1.48. The van der Waals surface area contributed by atoms with Crippen LogP contribution in [0.3, 0.4) is 0 Å². The number of pyridine rings is 1. The monoisotopic (exact) mass is 379 g/mol. The summed E-state index contributed by atoms with van der Waals surface area (Å²) in [6, 6.07) is 6.76. The second-order valence-electron chi connectivity index (χ2n) is 4.82. The Morgan fingerprint density at radius 1 is 1.35 bits per heavy atom. The summed E-state index contributed by atoms with van der Waals surface area (Å²) in [5.41, 5.74) is 7.09. The van der Waals surface area contributed by atoms with Gasteiger partial charge in [0.1, 0.15) is 5.82 Å². The summed E-state index contributed by atoms with van der Waals surface area (Å²) in [6.45, 7) is 4.23. The lowest BCUT2D eigenvalue weighted by Crippen LogP contribution is -2.19. The van der Waals surface area contributed by atoms with Gasteiger partial charge in [-0.15, -0.1) is 0 Å². The van der Waals surface area contributed by atoms with E-state index in [9.17, 15) is 4.79 Å². The maximum atomic E-state index is 11.9. The minimum Gasteiger partial charge on any atom is -0.493 e. The SMILES string of the molecule is CCOc1c(Br)cc(/C=N\n2c(N)cc(C)cc2=O)cc1OC. The zero-order chi connectivity index (χ0) is 17.0. The molecule has 1 heterocycles. The Morgan fingerprint density at radius 2 is 2.09 bits per heavy atom. The molecule has 0 saturated heterocycles. The summed E-state index contributed by atoms with van der Waals surface area (Å²) in [7, 11) is 1.56. The average Bonchev–Trinajstić information content (AvgIpc) is 2.48. The molecule has 122 valence electrons. The van der Waals surface area contributed by atoms with Crippen molar-refractivity contribution in [1.82, 2.24) is 4.68 Å². The first-order valence-electron chi connectivity index (χ1n) is 7.00. The normalized spacial score (nSPS) is 11.0. The second-order valence-corrected chi connectivity index (χ2v) is 5.67. The molecule has 0 aliphatic heterocycles. The van der Waals surface area contributed by atoms with Crippen LogP contribution in [-0.2, 0) is 0 Å². The lowest BCUT2D eigenvalue weighted by atomic mass is 10.2. The molecule has 6 nitrogen and oxygen atoms in total. The molecule has 0 radical (unpaired) electrons. The Kier molecular flexibility index (Phi) is 5.44. The molecule has 0 unspecified atom stereocenters. The van der Waals surface area contributed by atoms with Gasteiger partial charge in [-0.3, -0.25) is 4.79 Å². The van der Waals surface area contributed by atoms with E-state index in [1.54, 1.807) is 26.2 Å². The molecule has 7 heteroatoms. The molecule has 23 heavy (non-hydrogen) atoms. The van der Waals surface area contributed by atoms with Crippen LogP contribution in [0, 0.1) is 6.92 Å². The van der Waals surface area contributed by atoms with Crippen LogP contribution in [0.15, 0.2) is 38.6 Å². The van der Waals surface area contributed by atoms with Gasteiger partial charge in [0.05, 0.1) is 24.4 Å². The zero-order valence-electron chi connectivity index (χ0n) is 13.2. The van der Waals surface area contributed by atoms with Gasteiger partial charge in [-0.25, -0.2) is 0 Å². The van der Waals surface area contributed by atoms with Crippen molar-refractivity contribution in [3.63, 3.8) is 0 Å². The number of benzene rings is 1. The van der Waals surface area contributed by atoms with Crippen molar-refractivity contribution in [2.75, 3.05) is 19.5 Å². The highest BCUT2D eigenvalue weighted by Gasteiger charge is 2.10. The van der Waals surface area contributed by atoms with Gasteiger partial charge in [0.2, 0.25) is 0 Å². The Bertz CT molecular complexity index is 800. The van der Waals surface area contributed by atoms with E-state index in [1.807, 2.05) is 13.0 Å². The van der Waals surface area contributed by atoms with E-state index in [4.69, 9.17) is 15.2 Å². The molecule has 2 N–H and O–H groups in total. The van der Waals surface area contributed by atoms with Gasteiger partial charge in [0.15, 0.2) is 11.5 Å². The van der Waals surface area contributed by atoms with Crippen molar-refractivity contribution in [2.45, 2.75) is 13.8 Å². The molecular formula is C16H18BrN3O3. The van der Waals surface area contributed by atoms with E-state index in [0.717, 1.165) is 20.3 Å². The molecular weight excluding hydrogens is 362 g/mol. The van der Waals surface area contributed by atoms with E-state index >= 15 is 0 Å². The molecule has 1 aromatic carbocycles. The van der Waals surface area contributed by atoms with Crippen LogP contribution in [0.1, 0.15) is 18.1 Å². The molecule has 0 spiro atoms. The van der Waals surface area contributed by atoms with Crippen LogP contribution < -0.4 is 20.8 Å². The number of methoxy groups -OCH3 is 1. The van der Waals surface area contributed by atoms with Gasteiger partial charge in [0.25, 0.3) is 5.56 Å². The first-order valence-corrected chi connectivity index (χ1v) is 7.79. The minimum absolute atomic E-state index is 0.281. The van der Waals surface area contributed by atoms with E-state index in [1.165, 1.54) is 12.3 Å². The number of hydrogen-bond donors (Lipinski definition) is 1. The number of nitrogens with zero attached hydrogens (tertiary/aromatic N) is 2.